The lowest BCUT2D eigenvalue weighted by Gasteiger charge is -2.13. The first kappa shape index (κ1) is 13.9. The largest absolute Gasteiger partial charge is 0.383 e. The zero-order chi connectivity index (χ0) is 12.2. The molecule has 1 N–H and O–H groups in total. The molecule has 1 rings (SSSR count). The van der Waals surface area contributed by atoms with Crippen LogP contribution in [0.1, 0.15) is 5.01 Å². The molecular weight excluding hydrogens is 272 g/mol. The summed E-state index contributed by atoms with van der Waals surface area (Å²) < 4.78 is 31.2. The second-order valence-electron chi connectivity index (χ2n) is 3.13. The van der Waals surface area contributed by atoms with Crippen LogP contribution in [0.3, 0.4) is 0 Å². The number of hydrogen-bond donors (Lipinski definition) is 1. The van der Waals surface area contributed by atoms with E-state index >= 15 is 0 Å². The molecule has 0 amide bonds. The van der Waals surface area contributed by atoms with Gasteiger partial charge in [0.05, 0.1) is 23.9 Å². The Hall–Kier alpha value is -0.210. The molecular formula is C8H13ClN2O3S2. The van der Waals surface area contributed by atoms with Crippen molar-refractivity contribution < 1.29 is 13.2 Å². The average Bonchev–Trinajstić information content (AvgIpc) is 2.64. The van der Waals surface area contributed by atoms with Gasteiger partial charge in [0, 0.05) is 13.0 Å². The van der Waals surface area contributed by atoms with Crippen LogP contribution in [-0.4, -0.2) is 39.0 Å². The van der Waals surface area contributed by atoms with Crippen LogP contribution in [0.5, 0.6) is 0 Å². The number of aromatic nitrogens is 1. The van der Waals surface area contributed by atoms with Crippen molar-refractivity contribution in [2.45, 2.75) is 17.2 Å². The van der Waals surface area contributed by atoms with Gasteiger partial charge in [-0.15, -0.1) is 22.9 Å². The van der Waals surface area contributed by atoms with Crippen molar-refractivity contribution in [2.24, 2.45) is 0 Å². The Labute approximate surface area is 104 Å². The number of nitrogens with one attached hydrogen (secondary N) is 1. The standard InChI is InChI=1S/C8H13ClN2O3S2/c1-6-10-4-8(15-6)16(12,13)11-7(3-9)5-14-2/h4,7,11H,3,5H2,1-2H3. The van der Waals surface area contributed by atoms with E-state index in [9.17, 15) is 8.42 Å². The Morgan fingerprint density at radius 2 is 2.38 bits per heavy atom. The van der Waals surface area contributed by atoms with Crippen LogP contribution < -0.4 is 4.72 Å². The van der Waals surface area contributed by atoms with Crippen LogP contribution in [0.4, 0.5) is 0 Å². The molecule has 1 atom stereocenters. The summed E-state index contributed by atoms with van der Waals surface area (Å²) in [7, 11) is -2.04. The van der Waals surface area contributed by atoms with Gasteiger partial charge in [0.2, 0.25) is 0 Å². The molecule has 8 heteroatoms. The minimum Gasteiger partial charge on any atom is -0.383 e. The van der Waals surface area contributed by atoms with Crippen LogP contribution in [0, 0.1) is 6.92 Å². The van der Waals surface area contributed by atoms with E-state index in [-0.39, 0.29) is 16.7 Å². The fraction of sp³-hybridized carbons (Fsp3) is 0.625. The minimum atomic E-state index is -3.53. The number of alkyl halides is 1. The monoisotopic (exact) mass is 284 g/mol. The number of methoxy groups -OCH3 is 1. The predicted octanol–water partition coefficient (Wildman–Crippen LogP) is 0.984. The van der Waals surface area contributed by atoms with Crippen LogP contribution in [-0.2, 0) is 14.8 Å². The number of sulfonamides is 1. The summed E-state index contributed by atoms with van der Waals surface area (Å²) in [5, 5.41) is 0.703. The quantitative estimate of drug-likeness (QED) is 0.791. The Balaban J connectivity index is 2.78. The molecule has 5 nitrogen and oxygen atoms in total. The molecule has 0 spiro atoms. The van der Waals surface area contributed by atoms with E-state index < -0.39 is 16.1 Å². The third kappa shape index (κ3) is 3.67. The van der Waals surface area contributed by atoms with Crippen LogP contribution in [0.25, 0.3) is 0 Å². The fourth-order valence-electron chi connectivity index (χ4n) is 1.05. The van der Waals surface area contributed by atoms with Gasteiger partial charge in [-0.2, -0.15) is 0 Å². The molecule has 0 bridgehead atoms. The highest BCUT2D eigenvalue weighted by Crippen LogP contribution is 2.17. The molecule has 92 valence electrons. The summed E-state index contributed by atoms with van der Waals surface area (Å²) in [6, 6.07) is -0.431. The molecule has 0 fully saturated rings. The van der Waals surface area contributed by atoms with Crippen molar-refractivity contribution in [1.29, 1.82) is 0 Å². The Kier molecular flexibility index (Phi) is 5.13. The molecule has 0 aliphatic rings. The number of aryl methyl sites for hydroxylation is 1. The van der Waals surface area contributed by atoms with Crippen molar-refractivity contribution in [2.75, 3.05) is 19.6 Å². The molecule has 0 saturated heterocycles. The summed E-state index contributed by atoms with van der Waals surface area (Å²) >= 11 is 6.75. The van der Waals surface area contributed by atoms with Gasteiger partial charge >= 0.3 is 0 Å². The third-order valence-electron chi connectivity index (χ3n) is 1.74. The second kappa shape index (κ2) is 5.92. The molecule has 1 heterocycles. The Morgan fingerprint density at radius 1 is 1.69 bits per heavy atom. The molecule has 16 heavy (non-hydrogen) atoms. The van der Waals surface area contributed by atoms with Gasteiger partial charge in [0.25, 0.3) is 10.0 Å². The molecule has 0 aromatic carbocycles. The minimum absolute atomic E-state index is 0.158. The summed E-state index contributed by atoms with van der Waals surface area (Å²) in [6.07, 6.45) is 1.33. The normalized spacial score (nSPS) is 13.9. The Bertz CT molecular complexity index is 432. The molecule has 1 unspecified atom stereocenters. The van der Waals surface area contributed by atoms with Gasteiger partial charge in [-0.1, -0.05) is 0 Å². The lowest BCUT2D eigenvalue weighted by Crippen LogP contribution is -2.38. The molecule has 0 aliphatic carbocycles. The molecule has 0 radical (unpaired) electrons. The summed E-state index contributed by atoms with van der Waals surface area (Å²) in [5.41, 5.74) is 0. The Morgan fingerprint density at radius 3 is 2.81 bits per heavy atom. The smallest absolute Gasteiger partial charge is 0.252 e. The van der Waals surface area contributed by atoms with Gasteiger partial charge in [-0.25, -0.2) is 18.1 Å². The maximum absolute atomic E-state index is 11.8. The lowest BCUT2D eigenvalue weighted by molar-refractivity contribution is 0.181. The summed E-state index contributed by atoms with van der Waals surface area (Å²) in [6.45, 7) is 1.98. The SMILES string of the molecule is COCC(CCl)NS(=O)(=O)c1cnc(C)s1. The molecule has 1 aromatic rings. The first-order chi connectivity index (χ1) is 7.49. The van der Waals surface area contributed by atoms with Gasteiger partial charge < -0.3 is 4.74 Å². The molecule has 0 aliphatic heterocycles. The first-order valence-corrected chi connectivity index (χ1v) is 7.32. The average molecular weight is 285 g/mol. The van der Waals surface area contributed by atoms with E-state index in [4.69, 9.17) is 16.3 Å². The van der Waals surface area contributed by atoms with Crippen LogP contribution in [0.15, 0.2) is 10.4 Å². The van der Waals surface area contributed by atoms with Crippen molar-refractivity contribution in [1.82, 2.24) is 9.71 Å². The number of rotatable bonds is 6. The van der Waals surface area contributed by atoms with Crippen LogP contribution >= 0.6 is 22.9 Å². The second-order valence-corrected chi connectivity index (χ2v) is 6.61. The molecule has 1 aromatic heterocycles. The molecule has 0 saturated carbocycles. The third-order valence-corrected chi connectivity index (χ3v) is 5.01. The zero-order valence-corrected chi connectivity index (χ0v) is 11.3. The van der Waals surface area contributed by atoms with E-state index in [1.807, 2.05) is 0 Å². The van der Waals surface area contributed by atoms with Crippen LogP contribution in [0.2, 0.25) is 0 Å². The van der Waals surface area contributed by atoms with E-state index in [2.05, 4.69) is 9.71 Å². The van der Waals surface area contributed by atoms with Crippen molar-refractivity contribution in [3.05, 3.63) is 11.2 Å². The number of ether oxygens (including phenoxy) is 1. The highest BCUT2D eigenvalue weighted by atomic mass is 35.5. The number of nitrogens with zero attached hydrogens (tertiary/aromatic N) is 1. The van der Waals surface area contributed by atoms with Gasteiger partial charge in [-0.05, 0) is 6.92 Å². The maximum atomic E-state index is 11.8. The van der Waals surface area contributed by atoms with E-state index in [1.54, 1.807) is 6.92 Å². The van der Waals surface area contributed by atoms with Crippen molar-refractivity contribution >= 4 is 33.0 Å². The number of halogens is 1. The fourth-order valence-corrected chi connectivity index (χ4v) is 3.66. The maximum Gasteiger partial charge on any atom is 0.252 e. The topological polar surface area (TPSA) is 68.3 Å². The van der Waals surface area contributed by atoms with E-state index in [0.29, 0.717) is 5.01 Å². The van der Waals surface area contributed by atoms with Gasteiger partial charge in [0.15, 0.2) is 4.21 Å². The lowest BCUT2D eigenvalue weighted by atomic mass is 10.4. The zero-order valence-electron chi connectivity index (χ0n) is 8.94. The van der Waals surface area contributed by atoms with Crippen molar-refractivity contribution in [3.8, 4) is 0 Å². The predicted molar refractivity (Wildman–Crippen MR) is 63.6 cm³/mol. The highest BCUT2D eigenvalue weighted by molar-refractivity contribution is 7.91. The summed E-state index contributed by atoms with van der Waals surface area (Å²) in [4.78, 5) is 3.90. The van der Waals surface area contributed by atoms with E-state index in [0.717, 1.165) is 11.3 Å². The van der Waals surface area contributed by atoms with Gasteiger partial charge in [-0.3, -0.25) is 0 Å². The van der Waals surface area contributed by atoms with Crippen molar-refractivity contribution in [3.63, 3.8) is 0 Å². The first-order valence-electron chi connectivity index (χ1n) is 4.49. The summed E-state index contributed by atoms with van der Waals surface area (Å²) in [5.74, 6) is 0.158. The number of thiazole rings is 1. The number of hydrogen-bond acceptors (Lipinski definition) is 5. The van der Waals surface area contributed by atoms with E-state index in [1.165, 1.54) is 13.3 Å². The highest BCUT2D eigenvalue weighted by Gasteiger charge is 2.21. The van der Waals surface area contributed by atoms with Gasteiger partial charge in [0.1, 0.15) is 0 Å².